The van der Waals surface area contributed by atoms with Crippen LogP contribution in [0.4, 0.5) is 17.6 Å². The summed E-state index contributed by atoms with van der Waals surface area (Å²) in [5.41, 5.74) is 3.05. The number of rotatable bonds is 7. The molecule has 4 aromatic rings. The van der Waals surface area contributed by atoms with E-state index < -0.39 is 0 Å². The first kappa shape index (κ1) is 20.4. The summed E-state index contributed by atoms with van der Waals surface area (Å²) in [5.74, 6) is 2.79. The molecule has 1 aromatic carbocycles. The third kappa shape index (κ3) is 4.13. The van der Waals surface area contributed by atoms with E-state index in [1.165, 1.54) is 12.8 Å². The van der Waals surface area contributed by atoms with Gasteiger partial charge in [0.15, 0.2) is 17.4 Å². The van der Waals surface area contributed by atoms with Gasteiger partial charge >= 0.3 is 0 Å². The Morgan fingerprint density at radius 2 is 2.03 bits per heavy atom. The van der Waals surface area contributed by atoms with E-state index in [-0.39, 0.29) is 11.8 Å². The van der Waals surface area contributed by atoms with Gasteiger partial charge < -0.3 is 10.2 Å². The van der Waals surface area contributed by atoms with Gasteiger partial charge in [-0.15, -0.1) is 5.10 Å². The molecule has 2 fully saturated rings. The highest BCUT2D eigenvalue weighted by Crippen LogP contribution is 2.39. The largest absolute Gasteiger partial charge is 0.329 e. The third-order valence-corrected chi connectivity index (χ3v) is 6.94. The fourth-order valence-electron chi connectivity index (χ4n) is 4.52. The van der Waals surface area contributed by atoms with Crippen molar-refractivity contribution >= 4 is 44.8 Å². The van der Waals surface area contributed by atoms with Gasteiger partial charge in [-0.3, -0.25) is 9.89 Å². The summed E-state index contributed by atoms with van der Waals surface area (Å²) >= 11 is 3.45. The average molecular weight is 506 g/mol. The molecule has 0 bridgehead atoms. The van der Waals surface area contributed by atoms with Crippen molar-refractivity contribution in [3.63, 3.8) is 0 Å². The quantitative estimate of drug-likeness (QED) is 0.380. The number of hydrogen-bond donors (Lipinski definition) is 2. The second kappa shape index (κ2) is 8.30. The van der Waals surface area contributed by atoms with E-state index in [1.807, 2.05) is 52.0 Å². The van der Waals surface area contributed by atoms with Gasteiger partial charge in [-0.05, 0) is 55.5 Å². The summed E-state index contributed by atoms with van der Waals surface area (Å²) in [4.78, 5) is 20.1. The van der Waals surface area contributed by atoms with Crippen LogP contribution in [0.3, 0.4) is 0 Å². The highest BCUT2D eigenvalue weighted by atomic mass is 79.9. The summed E-state index contributed by atoms with van der Waals surface area (Å²) < 4.78 is 2.82. The molecule has 1 aliphatic heterocycles. The smallest absolute Gasteiger partial charge is 0.246 e. The molecule has 0 radical (unpaired) electrons. The number of nitrogens with one attached hydrogen (secondary N) is 2. The number of anilines is 3. The fourth-order valence-corrected chi connectivity index (χ4v) is 4.79. The van der Waals surface area contributed by atoms with Crippen LogP contribution in [0.1, 0.15) is 42.9 Å². The minimum absolute atomic E-state index is 0.196. The Hall–Kier alpha value is -3.20. The Labute approximate surface area is 199 Å². The molecule has 1 atom stereocenters. The summed E-state index contributed by atoms with van der Waals surface area (Å²) in [6.45, 7) is 0.761. The number of Topliss-reactive ketones (excluding diaryl/α,β-unsaturated/α-hetero) is 1. The Morgan fingerprint density at radius 3 is 2.85 bits per heavy atom. The number of fused-ring (bicyclic) bond motifs is 1. The van der Waals surface area contributed by atoms with E-state index in [1.54, 1.807) is 0 Å². The van der Waals surface area contributed by atoms with Crippen LogP contribution in [-0.2, 0) is 11.2 Å². The van der Waals surface area contributed by atoms with Crippen molar-refractivity contribution in [3.05, 3.63) is 64.4 Å². The van der Waals surface area contributed by atoms with Gasteiger partial charge in [0.1, 0.15) is 5.52 Å². The number of halogens is 1. The molecule has 1 saturated heterocycles. The third-order valence-electron chi connectivity index (χ3n) is 6.41. The highest BCUT2D eigenvalue weighted by Gasteiger charge is 2.33. The van der Waals surface area contributed by atoms with Crippen LogP contribution in [0.5, 0.6) is 0 Å². The van der Waals surface area contributed by atoms with Gasteiger partial charge in [-0.2, -0.15) is 10.1 Å². The van der Waals surface area contributed by atoms with Crippen molar-refractivity contribution in [2.24, 2.45) is 0 Å². The van der Waals surface area contributed by atoms with Gasteiger partial charge in [-0.25, -0.2) is 4.52 Å². The molecule has 4 heterocycles. The maximum atomic E-state index is 13.2. The molecule has 0 spiro atoms. The molecule has 9 heteroatoms. The van der Waals surface area contributed by atoms with Gasteiger partial charge in [0.2, 0.25) is 5.95 Å². The lowest BCUT2D eigenvalue weighted by Gasteiger charge is -2.24. The van der Waals surface area contributed by atoms with E-state index in [0.717, 1.165) is 46.5 Å². The zero-order valence-electron chi connectivity index (χ0n) is 18.0. The van der Waals surface area contributed by atoms with Crippen molar-refractivity contribution in [1.29, 1.82) is 0 Å². The Morgan fingerprint density at radius 1 is 1.18 bits per heavy atom. The summed E-state index contributed by atoms with van der Waals surface area (Å²) in [6, 6.07) is 13.7. The zero-order valence-corrected chi connectivity index (χ0v) is 19.6. The monoisotopic (exact) mass is 505 g/mol. The van der Waals surface area contributed by atoms with Gasteiger partial charge in [0, 0.05) is 41.3 Å². The number of H-pyrrole nitrogens is 1. The molecule has 33 heavy (non-hydrogen) atoms. The SMILES string of the molecule is O=C(Cc1ccc(Br)cc1)[C@@H]1CCCN1c1nc(Nc2cc(C3CC3)[nH]n2)c2cccn2n1. The topological polar surface area (TPSA) is 91.2 Å². The molecule has 0 amide bonds. The molecule has 8 nitrogen and oxygen atoms in total. The van der Waals surface area contributed by atoms with E-state index in [9.17, 15) is 4.79 Å². The van der Waals surface area contributed by atoms with E-state index >= 15 is 0 Å². The predicted octanol–water partition coefficient (Wildman–Crippen LogP) is 4.62. The van der Waals surface area contributed by atoms with Crippen molar-refractivity contribution < 1.29 is 4.79 Å². The molecular weight excluding hydrogens is 482 g/mol. The summed E-state index contributed by atoms with van der Waals surface area (Å²) in [6.07, 6.45) is 6.49. The second-order valence-electron chi connectivity index (χ2n) is 8.83. The predicted molar refractivity (Wildman–Crippen MR) is 130 cm³/mol. The molecule has 1 saturated carbocycles. The number of aromatic nitrogens is 5. The van der Waals surface area contributed by atoms with Crippen molar-refractivity contribution in [2.75, 3.05) is 16.8 Å². The first-order valence-electron chi connectivity index (χ1n) is 11.4. The Kier molecular flexibility index (Phi) is 5.13. The molecule has 168 valence electrons. The number of nitrogens with zero attached hydrogens (tertiary/aromatic N) is 5. The second-order valence-corrected chi connectivity index (χ2v) is 9.74. The lowest BCUT2D eigenvalue weighted by atomic mass is 10.0. The van der Waals surface area contributed by atoms with Crippen LogP contribution in [0.2, 0.25) is 0 Å². The van der Waals surface area contributed by atoms with Gasteiger partial charge in [0.05, 0.1) is 6.04 Å². The van der Waals surface area contributed by atoms with E-state index in [2.05, 4.69) is 37.5 Å². The van der Waals surface area contributed by atoms with E-state index in [4.69, 9.17) is 10.1 Å². The zero-order chi connectivity index (χ0) is 22.4. The van der Waals surface area contributed by atoms with Gasteiger partial charge in [0.25, 0.3) is 0 Å². The molecular formula is C24H24BrN7O. The van der Waals surface area contributed by atoms with Crippen LogP contribution in [-0.4, -0.2) is 43.2 Å². The fraction of sp³-hybridized carbons (Fsp3) is 0.333. The molecule has 2 N–H and O–H groups in total. The molecule has 2 aliphatic rings. The van der Waals surface area contributed by atoms with Crippen LogP contribution in [0, 0.1) is 0 Å². The summed E-state index contributed by atoms with van der Waals surface area (Å²) in [5, 5.41) is 15.6. The number of aromatic amines is 1. The lowest BCUT2D eigenvalue weighted by molar-refractivity contribution is -0.119. The standard InChI is InChI=1S/C24H24BrN7O/c25-17-9-5-15(6-10-17)13-21(33)19-3-1-11-31(19)24-27-23(20-4-2-12-32(20)30-24)26-22-14-18(28-29-22)16-7-8-16/h2,4-6,9-10,12,14,16,19H,1,3,7-8,11,13H2,(H2,26,27,28,29,30)/t19-/m0/s1. The molecule has 1 aliphatic carbocycles. The molecule has 0 unspecified atom stereocenters. The number of hydrogen-bond acceptors (Lipinski definition) is 6. The van der Waals surface area contributed by atoms with E-state index in [0.29, 0.717) is 24.1 Å². The Balaban J connectivity index is 1.27. The van der Waals surface area contributed by atoms with Crippen molar-refractivity contribution in [3.8, 4) is 0 Å². The number of carbonyl (C=O) groups is 1. The maximum absolute atomic E-state index is 13.2. The number of benzene rings is 1. The van der Waals surface area contributed by atoms with Crippen LogP contribution in [0.25, 0.3) is 5.52 Å². The minimum Gasteiger partial charge on any atom is -0.329 e. The van der Waals surface area contributed by atoms with Crippen LogP contribution >= 0.6 is 15.9 Å². The van der Waals surface area contributed by atoms with Crippen molar-refractivity contribution in [1.82, 2.24) is 24.8 Å². The number of ketones is 1. The lowest BCUT2D eigenvalue weighted by Crippen LogP contribution is -2.38. The normalized spacial score (nSPS) is 18.2. The number of carbonyl (C=O) groups excluding carboxylic acids is 1. The van der Waals surface area contributed by atoms with Crippen LogP contribution in [0.15, 0.2) is 53.1 Å². The maximum Gasteiger partial charge on any atom is 0.246 e. The first-order valence-corrected chi connectivity index (χ1v) is 12.1. The van der Waals surface area contributed by atoms with Gasteiger partial charge in [-0.1, -0.05) is 28.1 Å². The van der Waals surface area contributed by atoms with Crippen LogP contribution < -0.4 is 10.2 Å². The highest BCUT2D eigenvalue weighted by molar-refractivity contribution is 9.10. The first-order chi connectivity index (χ1) is 16.1. The van der Waals surface area contributed by atoms with Crippen molar-refractivity contribution in [2.45, 2.75) is 44.1 Å². The Bertz CT molecular complexity index is 1310. The minimum atomic E-state index is -0.221. The molecule has 6 rings (SSSR count). The summed E-state index contributed by atoms with van der Waals surface area (Å²) in [7, 11) is 0. The average Bonchev–Trinajstić information content (AvgIpc) is 3.20. The molecule has 3 aromatic heterocycles.